The Morgan fingerprint density at radius 1 is 1.05 bits per heavy atom. The molecule has 1 aromatic carbocycles. The van der Waals surface area contributed by atoms with E-state index in [-0.39, 0.29) is 11.7 Å². The lowest BCUT2D eigenvalue weighted by molar-refractivity contribution is -0.137. The van der Waals surface area contributed by atoms with Gasteiger partial charge in [-0.1, -0.05) is 6.07 Å². The van der Waals surface area contributed by atoms with E-state index in [4.69, 9.17) is 24.2 Å². The molecule has 1 spiro atoms. The lowest BCUT2D eigenvalue weighted by Gasteiger charge is -2.46. The second-order valence-electron chi connectivity index (χ2n) is 12.3. The van der Waals surface area contributed by atoms with E-state index < -0.39 is 5.97 Å². The lowest BCUT2D eigenvalue weighted by Crippen LogP contribution is -2.46. The maximum absolute atomic E-state index is 11.6. The molecule has 4 fully saturated rings. The number of benzene rings is 1. The van der Waals surface area contributed by atoms with Gasteiger partial charge in [0.15, 0.2) is 0 Å². The summed E-state index contributed by atoms with van der Waals surface area (Å²) >= 11 is 0. The maximum atomic E-state index is 11.6. The van der Waals surface area contributed by atoms with Gasteiger partial charge >= 0.3 is 5.97 Å². The normalized spacial score (nSPS) is 22.9. The number of rotatable bonds is 9. The molecular formula is C31H39N5O5. The number of carboxylic acid groups (broad SMARTS) is 1. The second kappa shape index (κ2) is 11.2. The minimum absolute atomic E-state index is 0.157. The Bertz CT molecular complexity index is 1380. The largest absolute Gasteiger partial charge is 0.478 e. The van der Waals surface area contributed by atoms with Crippen molar-refractivity contribution in [3.8, 4) is 5.88 Å². The zero-order chi connectivity index (χ0) is 27.8. The van der Waals surface area contributed by atoms with Crippen LogP contribution in [-0.2, 0) is 22.6 Å². The summed E-state index contributed by atoms with van der Waals surface area (Å²) < 4.78 is 19.5. The number of piperazine rings is 1. The number of ether oxygens (including phenoxy) is 3. The van der Waals surface area contributed by atoms with Crippen LogP contribution in [-0.4, -0.2) is 89.2 Å². The standard InChI is InChI=1S/C31H39N5O5/c37-30(38)23-4-5-25-26(16-23)36(17-24-8-15-40-24)28(32-25)18-34-11-13-35(14-12-34)27-2-1-3-29(33-27)41-19-22-6-9-31(10-7-22)20-39-21-31/h1-5,16,22,24H,6-15,17-21H2,(H,37,38)/t24-/m0/s1. The molecule has 4 aliphatic rings. The van der Waals surface area contributed by atoms with Crippen molar-refractivity contribution < 1.29 is 24.1 Å². The molecule has 2 aromatic heterocycles. The van der Waals surface area contributed by atoms with Gasteiger partial charge in [-0.25, -0.2) is 9.78 Å². The van der Waals surface area contributed by atoms with Crippen molar-refractivity contribution in [3.05, 3.63) is 47.8 Å². The summed E-state index contributed by atoms with van der Waals surface area (Å²) in [6.07, 6.45) is 6.12. The highest BCUT2D eigenvalue weighted by Gasteiger charge is 2.41. The smallest absolute Gasteiger partial charge is 0.335 e. The molecule has 0 radical (unpaired) electrons. The van der Waals surface area contributed by atoms with Gasteiger partial charge in [-0.05, 0) is 62.3 Å². The molecule has 5 heterocycles. The van der Waals surface area contributed by atoms with Crippen molar-refractivity contribution in [1.82, 2.24) is 19.4 Å². The molecule has 0 bridgehead atoms. The highest BCUT2D eigenvalue weighted by atomic mass is 16.5. The number of hydrogen-bond acceptors (Lipinski definition) is 8. The van der Waals surface area contributed by atoms with Crippen molar-refractivity contribution in [2.24, 2.45) is 11.3 Å². The van der Waals surface area contributed by atoms with Crippen LogP contribution in [0.3, 0.4) is 0 Å². The number of carbonyl (C=O) groups is 1. The SMILES string of the molecule is O=C(O)c1ccc2nc(CN3CCN(c4cccc(OCC5CCC6(CC5)COC6)n4)CC3)n(C[C@@H]3CCO3)c2c1. The Labute approximate surface area is 240 Å². The van der Waals surface area contributed by atoms with Gasteiger partial charge in [0.25, 0.3) is 0 Å². The number of hydrogen-bond donors (Lipinski definition) is 1. The van der Waals surface area contributed by atoms with Gasteiger partial charge in [-0.3, -0.25) is 4.90 Å². The average molecular weight is 562 g/mol. The van der Waals surface area contributed by atoms with Gasteiger partial charge in [-0.2, -0.15) is 4.98 Å². The van der Waals surface area contributed by atoms with Crippen LogP contribution in [0.25, 0.3) is 11.0 Å². The molecule has 1 aliphatic carbocycles. The Kier molecular flexibility index (Phi) is 7.30. The van der Waals surface area contributed by atoms with E-state index in [2.05, 4.69) is 20.4 Å². The Hall–Kier alpha value is -3.21. The topological polar surface area (TPSA) is 102 Å². The van der Waals surface area contributed by atoms with Gasteiger partial charge in [0.05, 0.1) is 55.6 Å². The van der Waals surface area contributed by atoms with Gasteiger partial charge in [0, 0.05) is 44.3 Å². The Morgan fingerprint density at radius 3 is 2.54 bits per heavy atom. The summed E-state index contributed by atoms with van der Waals surface area (Å²) in [7, 11) is 0. The van der Waals surface area contributed by atoms with Crippen LogP contribution >= 0.6 is 0 Å². The van der Waals surface area contributed by atoms with E-state index in [1.54, 1.807) is 12.1 Å². The number of pyridine rings is 1. The summed E-state index contributed by atoms with van der Waals surface area (Å²) in [4.78, 5) is 26.1. The average Bonchev–Trinajstić information content (AvgIpc) is 3.29. The van der Waals surface area contributed by atoms with Crippen LogP contribution in [0.4, 0.5) is 5.82 Å². The van der Waals surface area contributed by atoms with Crippen molar-refractivity contribution in [3.63, 3.8) is 0 Å². The molecule has 218 valence electrons. The molecule has 10 heteroatoms. The summed E-state index contributed by atoms with van der Waals surface area (Å²) in [6, 6.07) is 11.3. The zero-order valence-electron chi connectivity index (χ0n) is 23.5. The van der Waals surface area contributed by atoms with Crippen LogP contribution < -0.4 is 9.64 Å². The fourth-order valence-corrected chi connectivity index (χ4v) is 6.60. The predicted molar refractivity (Wildman–Crippen MR) is 153 cm³/mol. The quantitative estimate of drug-likeness (QED) is 0.418. The Balaban J connectivity index is 0.961. The van der Waals surface area contributed by atoms with E-state index in [9.17, 15) is 9.90 Å². The Morgan fingerprint density at radius 2 is 1.85 bits per heavy atom. The maximum Gasteiger partial charge on any atom is 0.335 e. The number of aromatic nitrogens is 3. The highest BCUT2D eigenvalue weighted by Crippen LogP contribution is 2.44. The number of nitrogens with zero attached hydrogens (tertiary/aromatic N) is 5. The third-order valence-electron chi connectivity index (χ3n) is 9.47. The van der Waals surface area contributed by atoms with Crippen LogP contribution in [0.15, 0.2) is 36.4 Å². The fourth-order valence-electron chi connectivity index (χ4n) is 6.60. The van der Waals surface area contributed by atoms with Crippen molar-refractivity contribution in [2.75, 3.05) is 57.5 Å². The first kappa shape index (κ1) is 26.7. The summed E-state index contributed by atoms with van der Waals surface area (Å²) in [5.74, 6) is 2.31. The fraction of sp³-hybridized carbons (Fsp3) is 0.581. The van der Waals surface area contributed by atoms with Gasteiger partial charge < -0.3 is 28.8 Å². The summed E-state index contributed by atoms with van der Waals surface area (Å²) in [5, 5.41) is 9.51. The van der Waals surface area contributed by atoms with Crippen molar-refractivity contribution in [2.45, 2.75) is 51.3 Å². The molecule has 0 amide bonds. The molecule has 10 nitrogen and oxygen atoms in total. The molecule has 3 saturated heterocycles. The molecule has 1 atom stereocenters. The van der Waals surface area contributed by atoms with Crippen LogP contribution in [0.1, 0.15) is 48.3 Å². The monoisotopic (exact) mass is 561 g/mol. The molecule has 0 unspecified atom stereocenters. The van der Waals surface area contributed by atoms with Crippen molar-refractivity contribution >= 4 is 22.8 Å². The van der Waals surface area contributed by atoms with Gasteiger partial charge in [0.1, 0.15) is 11.6 Å². The first-order chi connectivity index (χ1) is 20.0. The van der Waals surface area contributed by atoms with E-state index in [0.29, 0.717) is 30.3 Å². The lowest BCUT2D eigenvalue weighted by atomic mass is 9.69. The number of fused-ring (bicyclic) bond motifs is 1. The summed E-state index contributed by atoms with van der Waals surface area (Å²) in [5.41, 5.74) is 2.44. The first-order valence-corrected chi connectivity index (χ1v) is 15.0. The van der Waals surface area contributed by atoms with E-state index in [1.165, 1.54) is 25.7 Å². The third-order valence-corrected chi connectivity index (χ3v) is 9.47. The molecular weight excluding hydrogens is 522 g/mol. The summed E-state index contributed by atoms with van der Waals surface area (Å²) in [6.45, 7) is 8.35. The second-order valence-corrected chi connectivity index (χ2v) is 12.3. The minimum Gasteiger partial charge on any atom is -0.478 e. The molecule has 41 heavy (non-hydrogen) atoms. The highest BCUT2D eigenvalue weighted by molar-refractivity contribution is 5.92. The third kappa shape index (κ3) is 5.65. The predicted octanol–water partition coefficient (Wildman–Crippen LogP) is 3.83. The number of carboxylic acids is 1. The zero-order valence-corrected chi connectivity index (χ0v) is 23.5. The van der Waals surface area contributed by atoms with E-state index in [0.717, 1.165) is 81.7 Å². The minimum atomic E-state index is -0.924. The van der Waals surface area contributed by atoms with E-state index in [1.807, 2.05) is 18.2 Å². The van der Waals surface area contributed by atoms with Crippen LogP contribution in [0.2, 0.25) is 0 Å². The molecule has 1 saturated carbocycles. The van der Waals surface area contributed by atoms with Crippen LogP contribution in [0, 0.1) is 11.3 Å². The first-order valence-electron chi connectivity index (χ1n) is 15.0. The van der Waals surface area contributed by atoms with Crippen molar-refractivity contribution in [1.29, 1.82) is 0 Å². The number of anilines is 1. The molecule has 3 aliphatic heterocycles. The molecule has 3 aromatic rings. The molecule has 7 rings (SSSR count). The number of imidazole rings is 1. The van der Waals surface area contributed by atoms with Gasteiger partial charge in [0.2, 0.25) is 5.88 Å². The van der Waals surface area contributed by atoms with Gasteiger partial charge in [-0.15, -0.1) is 0 Å². The van der Waals surface area contributed by atoms with Crippen LogP contribution in [0.5, 0.6) is 5.88 Å². The number of aromatic carboxylic acids is 1. The molecule has 1 N–H and O–H groups in total. The van der Waals surface area contributed by atoms with E-state index >= 15 is 0 Å².